The summed E-state index contributed by atoms with van der Waals surface area (Å²) in [5.41, 5.74) is -2.39. The van der Waals surface area contributed by atoms with Crippen molar-refractivity contribution >= 4 is 38.9 Å². The zero-order valence-corrected chi connectivity index (χ0v) is 17.5. The molecule has 0 spiro atoms. The molecule has 0 aliphatic carbocycles. The molecule has 0 radical (unpaired) electrons. The van der Waals surface area contributed by atoms with Crippen LogP contribution in [0.15, 0.2) is 47.4 Å². The number of non-ortho nitro benzene ring substituents is 1. The Morgan fingerprint density at radius 1 is 1.00 bits per heavy atom. The van der Waals surface area contributed by atoms with Crippen molar-refractivity contribution < 1.29 is 48.9 Å². The molecule has 2 aromatic carbocycles. The number of anilines is 1. The first-order valence-corrected chi connectivity index (χ1v) is 10.1. The van der Waals surface area contributed by atoms with Crippen LogP contribution in [0.25, 0.3) is 0 Å². The van der Waals surface area contributed by atoms with E-state index in [1.807, 2.05) is 0 Å². The second kappa shape index (κ2) is 8.44. The van der Waals surface area contributed by atoms with Gasteiger partial charge >= 0.3 is 23.9 Å². The lowest BCUT2D eigenvalue weighted by molar-refractivity contribution is -0.384. The molecule has 0 saturated heterocycles. The van der Waals surface area contributed by atoms with Crippen LogP contribution in [0.5, 0.6) is 0 Å². The molecule has 0 aromatic heterocycles. The van der Waals surface area contributed by atoms with Crippen LogP contribution in [0.3, 0.4) is 0 Å². The van der Waals surface area contributed by atoms with Gasteiger partial charge in [0.15, 0.2) is 0 Å². The number of nitro groups is 1. The molecule has 0 saturated carbocycles. The summed E-state index contributed by atoms with van der Waals surface area (Å²) in [6, 6.07) is 4.79. The highest BCUT2D eigenvalue weighted by Crippen LogP contribution is 2.48. The summed E-state index contributed by atoms with van der Waals surface area (Å²) in [7, 11) is -5.54. The third-order valence-corrected chi connectivity index (χ3v) is 6.13. The Morgan fingerprint density at radius 2 is 1.52 bits per heavy atom. The van der Waals surface area contributed by atoms with E-state index in [2.05, 4.69) is 0 Å². The standard InChI is InChI=1S/C17H10ClF7N2O5S/c1-9-8-11(27(29)30)4-7-13(9)26(33(31,32)12-5-2-10(18)3-6-12)14(28)15(19,20)16(21,22)17(23,24)25/h2-8H,1H3. The summed E-state index contributed by atoms with van der Waals surface area (Å²) in [6.45, 7) is 0.889. The Hall–Kier alpha value is -2.94. The van der Waals surface area contributed by atoms with Crippen molar-refractivity contribution in [2.24, 2.45) is 0 Å². The molecule has 0 atom stereocenters. The minimum Gasteiger partial charge on any atom is -0.266 e. The van der Waals surface area contributed by atoms with Crippen LogP contribution in [0, 0.1) is 17.0 Å². The number of rotatable bonds is 6. The van der Waals surface area contributed by atoms with E-state index in [9.17, 15) is 54.1 Å². The molecule has 0 heterocycles. The summed E-state index contributed by atoms with van der Waals surface area (Å²) >= 11 is 5.59. The highest BCUT2D eigenvalue weighted by Gasteiger charge is 2.77. The number of amides is 1. The number of nitrogens with zero attached hydrogens (tertiary/aromatic N) is 2. The first-order valence-electron chi connectivity index (χ1n) is 8.28. The van der Waals surface area contributed by atoms with Gasteiger partial charge < -0.3 is 0 Å². The van der Waals surface area contributed by atoms with Gasteiger partial charge in [0.25, 0.3) is 15.7 Å². The summed E-state index contributed by atoms with van der Waals surface area (Å²) in [5.74, 6) is -17.0. The number of benzene rings is 2. The van der Waals surface area contributed by atoms with Gasteiger partial charge in [0, 0.05) is 17.2 Å². The van der Waals surface area contributed by atoms with E-state index in [0.717, 1.165) is 19.1 Å². The lowest BCUT2D eigenvalue weighted by Crippen LogP contribution is -2.61. The summed E-state index contributed by atoms with van der Waals surface area (Å²) < 4.78 is 118. The first kappa shape index (κ1) is 26.3. The second-order valence-electron chi connectivity index (χ2n) is 6.40. The molecule has 180 valence electrons. The fourth-order valence-electron chi connectivity index (χ4n) is 2.48. The minimum atomic E-state index is -6.96. The SMILES string of the molecule is Cc1cc([N+](=O)[O-])ccc1N(C(=O)C(F)(F)C(F)(F)C(F)(F)F)S(=O)(=O)c1ccc(Cl)cc1. The summed E-state index contributed by atoms with van der Waals surface area (Å²) in [5, 5.41) is 10.8. The van der Waals surface area contributed by atoms with Crippen LogP contribution in [0.1, 0.15) is 5.56 Å². The number of carbonyl (C=O) groups is 1. The largest absolute Gasteiger partial charge is 0.460 e. The van der Waals surface area contributed by atoms with Crippen molar-refractivity contribution in [1.29, 1.82) is 0 Å². The van der Waals surface area contributed by atoms with E-state index in [4.69, 9.17) is 11.6 Å². The van der Waals surface area contributed by atoms with Crippen LogP contribution >= 0.6 is 11.6 Å². The Morgan fingerprint density at radius 3 is 1.94 bits per heavy atom. The van der Waals surface area contributed by atoms with Gasteiger partial charge in [0.2, 0.25) is 0 Å². The van der Waals surface area contributed by atoms with Crippen molar-refractivity contribution in [3.8, 4) is 0 Å². The van der Waals surface area contributed by atoms with Gasteiger partial charge in [-0.15, -0.1) is 0 Å². The maximum Gasteiger partial charge on any atom is 0.460 e. The molecule has 16 heteroatoms. The van der Waals surface area contributed by atoms with E-state index >= 15 is 0 Å². The topological polar surface area (TPSA) is 97.6 Å². The third kappa shape index (κ3) is 4.59. The highest BCUT2D eigenvalue weighted by molar-refractivity contribution is 7.93. The number of hydrogen-bond acceptors (Lipinski definition) is 5. The zero-order chi connectivity index (χ0) is 25.6. The second-order valence-corrected chi connectivity index (χ2v) is 8.63. The Labute approximate surface area is 185 Å². The molecule has 2 rings (SSSR count). The quantitative estimate of drug-likeness (QED) is 0.298. The number of nitro benzene ring substituents is 1. The third-order valence-electron chi connectivity index (χ3n) is 4.17. The van der Waals surface area contributed by atoms with Crippen LogP contribution in [-0.4, -0.2) is 37.3 Å². The van der Waals surface area contributed by atoms with E-state index in [-0.39, 0.29) is 5.02 Å². The Bertz CT molecular complexity index is 1200. The molecule has 0 unspecified atom stereocenters. The van der Waals surface area contributed by atoms with Gasteiger partial charge in [0.1, 0.15) is 0 Å². The molecule has 1 amide bonds. The molecular formula is C17H10ClF7N2O5S. The molecule has 0 bridgehead atoms. The number of hydrogen-bond donors (Lipinski definition) is 0. The van der Waals surface area contributed by atoms with Crippen LogP contribution in [0.2, 0.25) is 5.02 Å². The smallest absolute Gasteiger partial charge is 0.266 e. The van der Waals surface area contributed by atoms with Gasteiger partial charge in [-0.25, -0.2) is 8.42 Å². The zero-order valence-electron chi connectivity index (χ0n) is 15.9. The molecule has 0 aliphatic rings. The number of carbonyl (C=O) groups excluding carboxylic acids is 1. The molecule has 0 N–H and O–H groups in total. The lowest BCUT2D eigenvalue weighted by atomic mass is 10.1. The Kier molecular flexibility index (Phi) is 6.73. The average molecular weight is 523 g/mol. The van der Waals surface area contributed by atoms with Crippen molar-refractivity contribution in [2.45, 2.75) is 29.8 Å². The highest BCUT2D eigenvalue weighted by atomic mass is 35.5. The molecular weight excluding hydrogens is 513 g/mol. The predicted octanol–water partition coefficient (Wildman–Crippen LogP) is 5.11. The molecule has 2 aromatic rings. The lowest BCUT2D eigenvalue weighted by Gasteiger charge is -2.32. The molecule has 0 fully saturated rings. The number of halogens is 8. The maximum absolute atomic E-state index is 14.2. The number of sulfonamides is 1. The summed E-state index contributed by atoms with van der Waals surface area (Å²) in [6.07, 6.45) is -6.92. The van der Waals surface area contributed by atoms with Gasteiger partial charge in [-0.3, -0.25) is 14.9 Å². The van der Waals surface area contributed by atoms with Crippen molar-refractivity contribution in [3.05, 3.63) is 63.2 Å². The normalized spacial score (nSPS) is 13.0. The fourth-order valence-corrected chi connectivity index (χ4v) is 4.09. The van der Waals surface area contributed by atoms with Crippen molar-refractivity contribution in [3.63, 3.8) is 0 Å². The van der Waals surface area contributed by atoms with E-state index in [1.165, 1.54) is 0 Å². The van der Waals surface area contributed by atoms with E-state index < -0.39 is 65.0 Å². The summed E-state index contributed by atoms with van der Waals surface area (Å²) in [4.78, 5) is 21.3. The van der Waals surface area contributed by atoms with Crippen molar-refractivity contribution in [1.82, 2.24) is 0 Å². The minimum absolute atomic E-state index is 0.0627. The maximum atomic E-state index is 14.2. The fraction of sp³-hybridized carbons (Fsp3) is 0.235. The number of alkyl halides is 7. The first-order chi connectivity index (χ1) is 14.9. The molecule has 33 heavy (non-hydrogen) atoms. The number of aryl methyl sites for hydroxylation is 1. The van der Waals surface area contributed by atoms with E-state index in [0.29, 0.717) is 30.3 Å². The van der Waals surface area contributed by atoms with Crippen LogP contribution < -0.4 is 4.31 Å². The molecule has 0 aliphatic heterocycles. The van der Waals surface area contributed by atoms with Gasteiger partial charge in [-0.1, -0.05) is 11.6 Å². The van der Waals surface area contributed by atoms with Crippen molar-refractivity contribution in [2.75, 3.05) is 4.31 Å². The Balaban J connectivity index is 2.82. The monoisotopic (exact) mass is 522 g/mol. The van der Waals surface area contributed by atoms with Gasteiger partial charge in [-0.2, -0.15) is 35.0 Å². The van der Waals surface area contributed by atoms with Gasteiger partial charge in [0.05, 0.1) is 15.5 Å². The van der Waals surface area contributed by atoms with Crippen LogP contribution in [0.4, 0.5) is 42.1 Å². The molecule has 7 nitrogen and oxygen atoms in total. The van der Waals surface area contributed by atoms with E-state index in [1.54, 1.807) is 0 Å². The predicted molar refractivity (Wildman–Crippen MR) is 99.9 cm³/mol. The van der Waals surface area contributed by atoms with Crippen LogP contribution in [-0.2, 0) is 14.8 Å². The van der Waals surface area contributed by atoms with Gasteiger partial charge in [-0.05, 0) is 42.8 Å². The average Bonchev–Trinajstić information content (AvgIpc) is 2.68.